The molecule has 1 amide bonds. The van der Waals surface area contributed by atoms with Gasteiger partial charge in [-0.3, -0.25) is 9.59 Å². The Balaban J connectivity index is 1.39. The third-order valence-corrected chi connectivity index (χ3v) is 8.19. The fraction of sp³-hybridized carbons (Fsp3) is 0.292. The Morgan fingerprint density at radius 1 is 1.11 bits per heavy atom. The number of aliphatic hydroxyl groups is 1. The number of H-pyrrole nitrogens is 1. The molecule has 198 valence electrons. The lowest BCUT2D eigenvalue weighted by molar-refractivity contribution is -0.141. The second kappa shape index (κ2) is 7.78. The number of fused-ring (bicyclic) bond motifs is 1. The summed E-state index contributed by atoms with van der Waals surface area (Å²) in [5.41, 5.74) is 0.0412. The maximum Gasteiger partial charge on any atom is 0.310 e. The zero-order valence-corrected chi connectivity index (χ0v) is 20.6. The Bertz CT molecular complexity index is 1490. The SMILES string of the molecule is O=C(C(O)c1cccc(S(F)(F)(F)(F)F)c1)N1CCc2nc(C3(c4cccc(Cl)c4)CC3)[nH]c(=O)c2C1. The third-order valence-electron chi connectivity index (χ3n) is 6.81. The van der Waals surface area contributed by atoms with E-state index in [1.165, 1.54) is 0 Å². The van der Waals surface area contributed by atoms with Gasteiger partial charge in [0.25, 0.3) is 11.5 Å². The quantitative estimate of drug-likeness (QED) is 0.387. The summed E-state index contributed by atoms with van der Waals surface area (Å²) >= 11 is 6.13. The molecule has 1 saturated carbocycles. The average Bonchev–Trinajstić information content (AvgIpc) is 3.64. The number of aromatic nitrogens is 2. The lowest BCUT2D eigenvalue weighted by Crippen LogP contribution is -2.42. The molecule has 1 atom stereocenters. The predicted molar refractivity (Wildman–Crippen MR) is 128 cm³/mol. The van der Waals surface area contributed by atoms with Crippen LogP contribution in [0.2, 0.25) is 5.02 Å². The van der Waals surface area contributed by atoms with Gasteiger partial charge >= 0.3 is 10.2 Å². The highest BCUT2D eigenvalue weighted by Crippen LogP contribution is 3.02. The first-order valence-electron chi connectivity index (χ1n) is 11.3. The molecular formula is C24H21ClF5N3O3S. The molecule has 1 unspecified atom stereocenters. The Labute approximate surface area is 212 Å². The molecule has 0 spiro atoms. The van der Waals surface area contributed by atoms with E-state index in [4.69, 9.17) is 11.6 Å². The number of carbonyl (C=O) groups excluding carboxylic acids is 1. The van der Waals surface area contributed by atoms with Gasteiger partial charge in [-0.05, 0) is 48.2 Å². The van der Waals surface area contributed by atoms with Crippen molar-refractivity contribution in [3.05, 3.63) is 92.1 Å². The molecular weight excluding hydrogens is 541 g/mol. The van der Waals surface area contributed by atoms with Crippen molar-refractivity contribution in [2.75, 3.05) is 6.54 Å². The smallest absolute Gasteiger partial charge is 0.310 e. The summed E-state index contributed by atoms with van der Waals surface area (Å²) in [5, 5.41) is 11.0. The van der Waals surface area contributed by atoms with Crippen LogP contribution in [0.4, 0.5) is 19.4 Å². The molecule has 1 fully saturated rings. The van der Waals surface area contributed by atoms with Crippen LogP contribution < -0.4 is 5.56 Å². The van der Waals surface area contributed by atoms with Crippen LogP contribution in [0.5, 0.6) is 0 Å². The number of hydrogen-bond acceptors (Lipinski definition) is 4. The second-order valence-electron chi connectivity index (χ2n) is 9.39. The molecule has 2 aliphatic rings. The van der Waals surface area contributed by atoms with Gasteiger partial charge in [-0.25, -0.2) is 4.98 Å². The van der Waals surface area contributed by atoms with Crippen molar-refractivity contribution in [2.45, 2.75) is 42.2 Å². The third kappa shape index (κ3) is 4.85. The highest BCUT2D eigenvalue weighted by molar-refractivity contribution is 8.45. The standard InChI is InChI=1S/C24H21ClF5N3O3S/c25-16-5-2-4-15(12-16)24(8-9-24)23-31-19-7-10-33(13-18(19)21(35)32-23)22(36)20(34)14-3-1-6-17(11-14)37(26,27,28,29)30/h1-6,11-12,20,34H,7-10,13H2,(H,31,32,35). The molecule has 0 saturated heterocycles. The Hall–Kier alpha value is -2.96. The Kier molecular flexibility index (Phi) is 5.40. The summed E-state index contributed by atoms with van der Waals surface area (Å²) in [4.78, 5) is 32.2. The molecule has 1 aromatic heterocycles. The van der Waals surface area contributed by atoms with Gasteiger partial charge in [0, 0.05) is 18.0 Å². The van der Waals surface area contributed by atoms with Gasteiger partial charge in [-0.1, -0.05) is 55.3 Å². The maximum absolute atomic E-state index is 13.2. The number of halogens is 6. The van der Waals surface area contributed by atoms with Crippen LogP contribution in [0.25, 0.3) is 0 Å². The van der Waals surface area contributed by atoms with Gasteiger partial charge in [0.1, 0.15) is 10.7 Å². The van der Waals surface area contributed by atoms with Gasteiger partial charge in [0.2, 0.25) is 0 Å². The first-order chi connectivity index (χ1) is 17.1. The molecule has 5 rings (SSSR count). The Morgan fingerprint density at radius 2 is 1.81 bits per heavy atom. The molecule has 2 N–H and O–H groups in total. The fourth-order valence-electron chi connectivity index (χ4n) is 4.65. The van der Waals surface area contributed by atoms with E-state index >= 15 is 0 Å². The number of aromatic amines is 1. The van der Waals surface area contributed by atoms with Crippen molar-refractivity contribution in [3.63, 3.8) is 0 Å². The normalized spacial score (nSPS) is 19.4. The second-order valence-corrected chi connectivity index (χ2v) is 12.2. The highest BCUT2D eigenvalue weighted by atomic mass is 35.5. The van der Waals surface area contributed by atoms with Gasteiger partial charge in [-0.15, -0.1) is 0 Å². The molecule has 2 aromatic carbocycles. The number of amides is 1. The van der Waals surface area contributed by atoms with Crippen molar-refractivity contribution in [3.8, 4) is 0 Å². The minimum Gasteiger partial charge on any atom is -0.378 e. The number of nitrogens with one attached hydrogen (secondary N) is 1. The van der Waals surface area contributed by atoms with E-state index in [1.807, 2.05) is 18.2 Å². The molecule has 3 aromatic rings. The summed E-state index contributed by atoms with van der Waals surface area (Å²) in [7, 11) is -10.00. The maximum atomic E-state index is 13.2. The van der Waals surface area contributed by atoms with Crippen LogP contribution in [-0.4, -0.2) is 32.4 Å². The molecule has 1 aliphatic carbocycles. The van der Waals surface area contributed by atoms with Crippen molar-refractivity contribution in [1.82, 2.24) is 14.9 Å². The zero-order valence-electron chi connectivity index (χ0n) is 19.1. The molecule has 6 nitrogen and oxygen atoms in total. The largest absolute Gasteiger partial charge is 0.378 e. The van der Waals surface area contributed by atoms with E-state index in [1.54, 1.807) is 6.07 Å². The minimum absolute atomic E-state index is 0.0319. The number of carbonyl (C=O) groups is 1. The monoisotopic (exact) mass is 561 g/mol. The van der Waals surface area contributed by atoms with E-state index in [2.05, 4.69) is 9.97 Å². The summed E-state index contributed by atoms with van der Waals surface area (Å²) in [6, 6.07) is 9.22. The van der Waals surface area contributed by atoms with E-state index < -0.39 is 43.7 Å². The lowest BCUT2D eigenvalue weighted by Gasteiger charge is -2.40. The van der Waals surface area contributed by atoms with Gasteiger partial charge in [0.15, 0.2) is 6.10 Å². The summed E-state index contributed by atoms with van der Waals surface area (Å²) in [6.45, 7) is -0.205. The number of aliphatic hydroxyl groups excluding tert-OH is 1. The summed E-state index contributed by atoms with van der Waals surface area (Å²) in [6.07, 6.45) is -0.416. The molecule has 37 heavy (non-hydrogen) atoms. The van der Waals surface area contributed by atoms with Crippen LogP contribution >= 0.6 is 21.8 Å². The average molecular weight is 562 g/mol. The summed E-state index contributed by atoms with van der Waals surface area (Å²) in [5.74, 6) is -0.517. The van der Waals surface area contributed by atoms with Crippen molar-refractivity contribution < 1.29 is 29.3 Å². The predicted octanol–water partition coefficient (Wildman–Crippen LogP) is 5.78. The van der Waals surface area contributed by atoms with E-state index in [-0.39, 0.29) is 37.2 Å². The first-order valence-corrected chi connectivity index (χ1v) is 13.6. The van der Waals surface area contributed by atoms with Crippen molar-refractivity contribution in [1.29, 1.82) is 0 Å². The Morgan fingerprint density at radius 3 is 2.46 bits per heavy atom. The van der Waals surface area contributed by atoms with Crippen LogP contribution in [0.15, 0.2) is 58.2 Å². The number of benzene rings is 2. The van der Waals surface area contributed by atoms with Crippen LogP contribution in [-0.2, 0) is 23.2 Å². The highest BCUT2D eigenvalue weighted by Gasteiger charge is 2.65. The molecule has 13 heteroatoms. The number of nitrogens with zero attached hydrogens (tertiary/aromatic N) is 2. The van der Waals surface area contributed by atoms with Crippen molar-refractivity contribution in [2.24, 2.45) is 0 Å². The van der Waals surface area contributed by atoms with E-state index in [0.29, 0.717) is 22.6 Å². The molecule has 0 bridgehead atoms. The molecule has 1 aliphatic heterocycles. The minimum atomic E-state index is -10.00. The number of rotatable bonds is 5. The summed E-state index contributed by atoms with van der Waals surface area (Å²) < 4.78 is 65.9. The van der Waals surface area contributed by atoms with Crippen LogP contribution in [0, 0.1) is 0 Å². The van der Waals surface area contributed by atoms with Gasteiger partial charge in [-0.2, -0.15) is 0 Å². The van der Waals surface area contributed by atoms with E-state index in [0.717, 1.165) is 29.4 Å². The first kappa shape index (κ1) is 25.7. The number of hydrogen-bond donors (Lipinski definition) is 2. The van der Waals surface area contributed by atoms with Crippen LogP contribution in [0.3, 0.4) is 0 Å². The van der Waals surface area contributed by atoms with Gasteiger partial charge in [0.05, 0.1) is 23.2 Å². The van der Waals surface area contributed by atoms with Crippen molar-refractivity contribution >= 4 is 27.7 Å². The molecule has 2 heterocycles. The fourth-order valence-corrected chi connectivity index (χ4v) is 5.54. The zero-order chi connectivity index (χ0) is 26.9. The van der Waals surface area contributed by atoms with Gasteiger partial charge < -0.3 is 15.0 Å². The topological polar surface area (TPSA) is 86.3 Å². The molecule has 0 radical (unpaired) electrons. The lowest BCUT2D eigenvalue weighted by atomic mass is 9.94. The van der Waals surface area contributed by atoms with E-state index in [9.17, 15) is 34.1 Å². The van der Waals surface area contributed by atoms with Crippen LogP contribution in [0.1, 0.15) is 47.2 Å².